The fraction of sp³-hybridized carbons (Fsp3) is 0.474. The molecule has 0 saturated carbocycles. The zero-order valence-electron chi connectivity index (χ0n) is 16.4. The van der Waals surface area contributed by atoms with Gasteiger partial charge in [-0.3, -0.25) is 4.90 Å². The number of anilines is 2. The Labute approximate surface area is 154 Å². The van der Waals surface area contributed by atoms with Crippen LogP contribution in [-0.2, 0) is 16.0 Å². The molecule has 1 heterocycles. The predicted octanol–water partition coefficient (Wildman–Crippen LogP) is 3.46. The minimum absolute atomic E-state index is 0.394. The summed E-state index contributed by atoms with van der Waals surface area (Å²) in [6.45, 7) is 8.62. The minimum atomic E-state index is -0.533. The Balaban J connectivity index is 2.21. The standard InChI is InChI=1S/C19H28N4O3/c1-13-16(21-23(17(13)20)11-12-25-6)14-7-9-15(10-8-14)22(5)18(24)26-19(2,3)4/h7-10H,11-12,20H2,1-6H3. The molecule has 1 amide bonds. The molecule has 0 atom stereocenters. The number of benzene rings is 1. The molecule has 0 saturated heterocycles. The summed E-state index contributed by atoms with van der Waals surface area (Å²) in [4.78, 5) is 13.7. The molecule has 0 aliphatic rings. The highest BCUT2D eigenvalue weighted by molar-refractivity contribution is 5.87. The maximum Gasteiger partial charge on any atom is 0.414 e. The molecule has 26 heavy (non-hydrogen) atoms. The van der Waals surface area contributed by atoms with Gasteiger partial charge < -0.3 is 15.2 Å². The molecule has 0 aliphatic carbocycles. The summed E-state index contributed by atoms with van der Waals surface area (Å²) in [6.07, 6.45) is -0.394. The number of nitrogen functional groups attached to an aromatic ring is 1. The fourth-order valence-corrected chi connectivity index (χ4v) is 2.47. The van der Waals surface area contributed by atoms with E-state index in [9.17, 15) is 4.79 Å². The molecular formula is C19H28N4O3. The van der Waals surface area contributed by atoms with E-state index in [1.54, 1.807) is 18.8 Å². The van der Waals surface area contributed by atoms with E-state index in [1.807, 2.05) is 52.0 Å². The lowest BCUT2D eigenvalue weighted by Gasteiger charge is -2.24. The number of hydrogen-bond donors (Lipinski definition) is 1. The lowest BCUT2D eigenvalue weighted by atomic mass is 10.1. The van der Waals surface area contributed by atoms with Crippen LogP contribution in [0.25, 0.3) is 11.3 Å². The Kier molecular flexibility index (Phi) is 5.92. The van der Waals surface area contributed by atoms with Crippen LogP contribution in [0.15, 0.2) is 24.3 Å². The number of nitrogens with zero attached hydrogens (tertiary/aromatic N) is 3. The number of amides is 1. The molecule has 0 fully saturated rings. The molecule has 2 N–H and O–H groups in total. The molecule has 0 unspecified atom stereocenters. The molecular weight excluding hydrogens is 332 g/mol. The Morgan fingerprint density at radius 1 is 1.27 bits per heavy atom. The van der Waals surface area contributed by atoms with Crippen molar-refractivity contribution in [1.29, 1.82) is 0 Å². The Morgan fingerprint density at radius 2 is 1.88 bits per heavy atom. The quantitative estimate of drug-likeness (QED) is 0.883. The topological polar surface area (TPSA) is 82.6 Å². The van der Waals surface area contributed by atoms with Gasteiger partial charge in [0.25, 0.3) is 0 Å². The van der Waals surface area contributed by atoms with Crippen LogP contribution in [0.1, 0.15) is 26.3 Å². The molecule has 2 rings (SSSR count). The number of hydrogen-bond acceptors (Lipinski definition) is 5. The Hall–Kier alpha value is -2.54. The summed E-state index contributed by atoms with van der Waals surface area (Å²) in [7, 11) is 3.33. The van der Waals surface area contributed by atoms with Gasteiger partial charge in [0, 0.05) is 31.0 Å². The number of rotatable bonds is 5. The van der Waals surface area contributed by atoms with E-state index >= 15 is 0 Å². The fourth-order valence-electron chi connectivity index (χ4n) is 2.47. The first-order valence-corrected chi connectivity index (χ1v) is 8.53. The van der Waals surface area contributed by atoms with Crippen LogP contribution < -0.4 is 10.6 Å². The average Bonchev–Trinajstić information content (AvgIpc) is 2.86. The van der Waals surface area contributed by atoms with Gasteiger partial charge >= 0.3 is 6.09 Å². The van der Waals surface area contributed by atoms with Gasteiger partial charge in [-0.15, -0.1) is 0 Å². The van der Waals surface area contributed by atoms with Crippen LogP contribution in [0.3, 0.4) is 0 Å². The van der Waals surface area contributed by atoms with E-state index < -0.39 is 11.7 Å². The monoisotopic (exact) mass is 360 g/mol. The average molecular weight is 360 g/mol. The van der Waals surface area contributed by atoms with Gasteiger partial charge in [0.1, 0.15) is 11.4 Å². The summed E-state index contributed by atoms with van der Waals surface area (Å²) < 4.78 is 12.2. The van der Waals surface area contributed by atoms with Crippen molar-refractivity contribution in [1.82, 2.24) is 9.78 Å². The molecule has 7 heteroatoms. The zero-order valence-corrected chi connectivity index (χ0v) is 16.4. The largest absolute Gasteiger partial charge is 0.443 e. The first-order valence-electron chi connectivity index (χ1n) is 8.53. The summed E-state index contributed by atoms with van der Waals surface area (Å²) in [6, 6.07) is 7.57. The van der Waals surface area contributed by atoms with Crippen LogP contribution in [0.4, 0.5) is 16.3 Å². The second kappa shape index (κ2) is 7.78. The molecule has 0 radical (unpaired) electrons. The van der Waals surface area contributed by atoms with Crippen molar-refractivity contribution in [2.45, 2.75) is 39.8 Å². The van der Waals surface area contributed by atoms with E-state index in [-0.39, 0.29) is 0 Å². The second-order valence-corrected chi connectivity index (χ2v) is 7.16. The molecule has 1 aromatic carbocycles. The molecule has 0 bridgehead atoms. The smallest absolute Gasteiger partial charge is 0.414 e. The van der Waals surface area contributed by atoms with Gasteiger partial charge in [0.2, 0.25) is 0 Å². The summed E-state index contributed by atoms with van der Waals surface area (Å²) in [5, 5.41) is 4.58. The first-order chi connectivity index (χ1) is 12.1. The third-order valence-electron chi connectivity index (χ3n) is 3.94. The van der Waals surface area contributed by atoms with Crippen LogP contribution in [0, 0.1) is 6.92 Å². The third-order valence-corrected chi connectivity index (χ3v) is 3.94. The molecule has 2 aromatic rings. The van der Waals surface area contributed by atoms with Crippen molar-refractivity contribution in [2.75, 3.05) is 31.4 Å². The van der Waals surface area contributed by atoms with Crippen molar-refractivity contribution in [3.8, 4) is 11.3 Å². The number of carbonyl (C=O) groups excluding carboxylic acids is 1. The van der Waals surface area contributed by atoms with Crippen LogP contribution >= 0.6 is 0 Å². The van der Waals surface area contributed by atoms with Crippen molar-refractivity contribution in [2.24, 2.45) is 0 Å². The SMILES string of the molecule is COCCn1nc(-c2ccc(N(C)C(=O)OC(C)(C)C)cc2)c(C)c1N. The van der Waals surface area contributed by atoms with Gasteiger partial charge in [0.15, 0.2) is 0 Å². The maximum absolute atomic E-state index is 12.2. The lowest BCUT2D eigenvalue weighted by molar-refractivity contribution is 0.0589. The van der Waals surface area contributed by atoms with Gasteiger partial charge in [-0.1, -0.05) is 12.1 Å². The molecule has 0 spiro atoms. The van der Waals surface area contributed by atoms with Crippen LogP contribution in [-0.4, -0.2) is 42.2 Å². The number of aromatic nitrogens is 2. The maximum atomic E-state index is 12.2. The lowest BCUT2D eigenvalue weighted by Crippen LogP contribution is -2.34. The zero-order chi connectivity index (χ0) is 19.5. The van der Waals surface area contributed by atoms with Crippen molar-refractivity contribution in [3.05, 3.63) is 29.8 Å². The Morgan fingerprint density at radius 3 is 2.42 bits per heavy atom. The highest BCUT2D eigenvalue weighted by atomic mass is 16.6. The molecule has 1 aromatic heterocycles. The normalized spacial score (nSPS) is 11.5. The van der Waals surface area contributed by atoms with Crippen LogP contribution in [0.2, 0.25) is 0 Å². The summed E-state index contributed by atoms with van der Waals surface area (Å²) in [5.74, 6) is 0.631. The van der Waals surface area contributed by atoms with Gasteiger partial charge in [0.05, 0.1) is 18.8 Å². The number of carbonyl (C=O) groups is 1. The van der Waals surface area contributed by atoms with Crippen molar-refractivity contribution in [3.63, 3.8) is 0 Å². The molecule has 7 nitrogen and oxygen atoms in total. The first kappa shape index (κ1) is 19.8. The van der Waals surface area contributed by atoms with Crippen molar-refractivity contribution < 1.29 is 14.3 Å². The molecule has 0 aliphatic heterocycles. The highest BCUT2D eigenvalue weighted by Gasteiger charge is 2.21. The van der Waals surface area contributed by atoms with E-state index in [1.165, 1.54) is 4.90 Å². The second-order valence-electron chi connectivity index (χ2n) is 7.16. The van der Waals surface area contributed by atoms with E-state index in [4.69, 9.17) is 15.2 Å². The Bertz CT molecular complexity index is 760. The summed E-state index contributed by atoms with van der Waals surface area (Å²) >= 11 is 0. The number of nitrogens with two attached hydrogens (primary N) is 1. The minimum Gasteiger partial charge on any atom is -0.443 e. The van der Waals surface area contributed by atoms with Crippen molar-refractivity contribution >= 4 is 17.6 Å². The third kappa shape index (κ3) is 4.54. The summed E-state index contributed by atoms with van der Waals surface area (Å²) in [5.41, 5.74) is 9.03. The predicted molar refractivity (Wildman–Crippen MR) is 103 cm³/mol. The van der Waals surface area contributed by atoms with Gasteiger partial charge in [-0.2, -0.15) is 5.10 Å². The molecule has 142 valence electrons. The van der Waals surface area contributed by atoms with Gasteiger partial charge in [-0.25, -0.2) is 9.48 Å². The number of ether oxygens (including phenoxy) is 2. The van der Waals surface area contributed by atoms with E-state index in [2.05, 4.69) is 5.10 Å². The highest BCUT2D eigenvalue weighted by Crippen LogP contribution is 2.28. The van der Waals surface area contributed by atoms with Crippen LogP contribution in [0.5, 0.6) is 0 Å². The number of methoxy groups -OCH3 is 1. The van der Waals surface area contributed by atoms with E-state index in [0.29, 0.717) is 19.0 Å². The van der Waals surface area contributed by atoms with Gasteiger partial charge in [-0.05, 0) is 39.8 Å². The van der Waals surface area contributed by atoms with E-state index in [0.717, 1.165) is 22.5 Å².